The van der Waals surface area contributed by atoms with Gasteiger partial charge in [-0.1, -0.05) is 30.7 Å². The summed E-state index contributed by atoms with van der Waals surface area (Å²) in [6.07, 6.45) is 0.947. The lowest BCUT2D eigenvalue weighted by atomic mass is 10.1. The summed E-state index contributed by atoms with van der Waals surface area (Å²) in [5.74, 6) is 0.816. The number of rotatable bonds is 7. The predicted molar refractivity (Wildman–Crippen MR) is 105 cm³/mol. The van der Waals surface area contributed by atoms with Crippen molar-refractivity contribution < 1.29 is 4.74 Å². The van der Waals surface area contributed by atoms with Crippen molar-refractivity contribution in [2.45, 2.75) is 39.3 Å². The molecule has 2 N–H and O–H groups in total. The second-order valence-corrected chi connectivity index (χ2v) is 5.39. The van der Waals surface area contributed by atoms with Crippen molar-refractivity contribution in [2.75, 3.05) is 20.2 Å². The Morgan fingerprint density at radius 1 is 1.36 bits per heavy atom. The topological polar surface area (TPSA) is 45.7 Å². The first kappa shape index (κ1) is 21.5. The molecule has 0 amide bonds. The van der Waals surface area contributed by atoms with E-state index in [0.717, 1.165) is 24.5 Å². The van der Waals surface area contributed by atoms with Gasteiger partial charge in [-0.2, -0.15) is 0 Å². The molecule has 0 aliphatic heterocycles. The summed E-state index contributed by atoms with van der Waals surface area (Å²) in [6, 6.07) is 8.09. The maximum absolute atomic E-state index is 6.03. The molecule has 0 heterocycles. The van der Waals surface area contributed by atoms with Crippen LogP contribution in [0.2, 0.25) is 5.02 Å². The molecular weight excluding hydrogens is 413 g/mol. The fourth-order valence-electron chi connectivity index (χ4n) is 1.85. The Bertz CT molecular complexity index is 457. The van der Waals surface area contributed by atoms with Gasteiger partial charge < -0.3 is 15.4 Å². The van der Waals surface area contributed by atoms with Crippen LogP contribution in [0.1, 0.15) is 38.9 Å². The molecule has 126 valence electrons. The number of ether oxygens (including phenoxy) is 1. The minimum atomic E-state index is -0.101. The standard InChI is InChI=1S/C16H26ClN3O.HI/c1-5-12(3)20-16(18-6-2)19-11-15(21-4)13-8-7-9-14(17)10-13;/h7-10,12,15H,5-6,11H2,1-4H3,(H2,18,19,20);1H. The van der Waals surface area contributed by atoms with Gasteiger partial charge in [0.05, 0.1) is 6.54 Å². The van der Waals surface area contributed by atoms with Gasteiger partial charge in [0.25, 0.3) is 0 Å². The molecule has 2 atom stereocenters. The number of methoxy groups -OCH3 is 1. The van der Waals surface area contributed by atoms with Crippen molar-refractivity contribution in [3.05, 3.63) is 34.9 Å². The summed E-state index contributed by atoms with van der Waals surface area (Å²) in [6.45, 7) is 7.71. The van der Waals surface area contributed by atoms with Gasteiger partial charge in [-0.15, -0.1) is 24.0 Å². The summed E-state index contributed by atoms with van der Waals surface area (Å²) >= 11 is 6.03. The van der Waals surface area contributed by atoms with Crippen molar-refractivity contribution in [1.82, 2.24) is 10.6 Å². The predicted octanol–water partition coefficient (Wildman–Crippen LogP) is 4.00. The Morgan fingerprint density at radius 2 is 2.09 bits per heavy atom. The monoisotopic (exact) mass is 439 g/mol. The molecular formula is C16H27ClIN3O. The minimum Gasteiger partial charge on any atom is -0.375 e. The van der Waals surface area contributed by atoms with Crippen LogP contribution in [-0.2, 0) is 4.74 Å². The lowest BCUT2D eigenvalue weighted by Crippen LogP contribution is -2.42. The number of hydrogen-bond donors (Lipinski definition) is 2. The number of guanidine groups is 1. The zero-order chi connectivity index (χ0) is 15.7. The molecule has 22 heavy (non-hydrogen) atoms. The van der Waals surface area contributed by atoms with Gasteiger partial charge in [0.2, 0.25) is 0 Å². The van der Waals surface area contributed by atoms with E-state index in [4.69, 9.17) is 16.3 Å². The summed E-state index contributed by atoms with van der Waals surface area (Å²) in [7, 11) is 1.69. The quantitative estimate of drug-likeness (QED) is 0.383. The molecule has 0 saturated heterocycles. The smallest absolute Gasteiger partial charge is 0.191 e. The molecule has 0 aliphatic rings. The fourth-order valence-corrected chi connectivity index (χ4v) is 2.05. The van der Waals surface area contributed by atoms with E-state index < -0.39 is 0 Å². The third kappa shape index (κ3) is 7.65. The van der Waals surface area contributed by atoms with Crippen molar-refractivity contribution in [2.24, 2.45) is 4.99 Å². The molecule has 0 aromatic heterocycles. The van der Waals surface area contributed by atoms with E-state index in [2.05, 4.69) is 36.4 Å². The largest absolute Gasteiger partial charge is 0.375 e. The first-order valence-electron chi connectivity index (χ1n) is 7.43. The molecule has 1 aromatic carbocycles. The van der Waals surface area contributed by atoms with Crippen LogP contribution in [0, 0.1) is 0 Å². The summed E-state index contributed by atoms with van der Waals surface area (Å²) in [5.41, 5.74) is 1.04. The van der Waals surface area contributed by atoms with E-state index in [1.54, 1.807) is 7.11 Å². The third-order valence-corrected chi connectivity index (χ3v) is 3.50. The summed E-state index contributed by atoms with van der Waals surface area (Å²) in [4.78, 5) is 4.60. The van der Waals surface area contributed by atoms with Gasteiger partial charge in [-0.25, -0.2) is 0 Å². The van der Waals surface area contributed by atoms with E-state index in [1.807, 2.05) is 24.3 Å². The van der Waals surface area contributed by atoms with E-state index in [-0.39, 0.29) is 30.1 Å². The molecule has 4 nitrogen and oxygen atoms in total. The normalized spacial score (nSPS) is 14.0. The zero-order valence-corrected chi connectivity index (χ0v) is 16.8. The Labute approximate surface area is 156 Å². The van der Waals surface area contributed by atoms with Crippen LogP contribution in [0.25, 0.3) is 0 Å². The number of nitrogens with one attached hydrogen (secondary N) is 2. The maximum atomic E-state index is 6.03. The lowest BCUT2D eigenvalue weighted by molar-refractivity contribution is 0.111. The highest BCUT2D eigenvalue weighted by atomic mass is 127. The molecule has 0 radical (unpaired) electrons. The van der Waals surface area contributed by atoms with Crippen molar-refractivity contribution >= 4 is 41.5 Å². The minimum absolute atomic E-state index is 0. The molecule has 6 heteroatoms. The molecule has 0 spiro atoms. The summed E-state index contributed by atoms with van der Waals surface area (Å²) < 4.78 is 5.53. The Balaban J connectivity index is 0.00000441. The second-order valence-electron chi connectivity index (χ2n) is 4.95. The average molecular weight is 440 g/mol. The van der Waals surface area contributed by atoms with E-state index in [1.165, 1.54) is 0 Å². The number of aliphatic imine (C=N–C) groups is 1. The third-order valence-electron chi connectivity index (χ3n) is 3.26. The van der Waals surface area contributed by atoms with Crippen LogP contribution in [0.4, 0.5) is 0 Å². The summed E-state index contributed by atoms with van der Waals surface area (Å²) in [5, 5.41) is 7.33. The second kappa shape index (κ2) is 12.0. The first-order valence-corrected chi connectivity index (χ1v) is 7.81. The fraction of sp³-hybridized carbons (Fsp3) is 0.562. The van der Waals surface area contributed by atoms with Crippen molar-refractivity contribution in [1.29, 1.82) is 0 Å². The average Bonchev–Trinajstić information content (AvgIpc) is 2.48. The molecule has 2 unspecified atom stereocenters. The van der Waals surface area contributed by atoms with E-state index in [0.29, 0.717) is 17.6 Å². The van der Waals surface area contributed by atoms with Crippen LogP contribution in [0.15, 0.2) is 29.3 Å². The van der Waals surface area contributed by atoms with Gasteiger partial charge >= 0.3 is 0 Å². The molecule has 1 rings (SSSR count). The van der Waals surface area contributed by atoms with Gasteiger partial charge in [-0.05, 0) is 38.0 Å². The highest BCUT2D eigenvalue weighted by Gasteiger charge is 2.11. The van der Waals surface area contributed by atoms with Crippen LogP contribution in [0.5, 0.6) is 0 Å². The van der Waals surface area contributed by atoms with Crippen LogP contribution >= 0.6 is 35.6 Å². The first-order chi connectivity index (χ1) is 10.1. The maximum Gasteiger partial charge on any atom is 0.191 e. The molecule has 0 saturated carbocycles. The molecule has 0 fully saturated rings. The number of benzene rings is 1. The van der Waals surface area contributed by atoms with Crippen LogP contribution < -0.4 is 10.6 Å². The number of nitrogens with zero attached hydrogens (tertiary/aromatic N) is 1. The van der Waals surface area contributed by atoms with Crippen molar-refractivity contribution in [3.8, 4) is 0 Å². The van der Waals surface area contributed by atoms with Gasteiger partial charge in [0.15, 0.2) is 5.96 Å². The van der Waals surface area contributed by atoms with E-state index >= 15 is 0 Å². The Hall–Kier alpha value is -0.530. The SMILES string of the molecule is CCNC(=NCC(OC)c1cccc(Cl)c1)NC(C)CC.I. The van der Waals surface area contributed by atoms with Gasteiger partial charge in [0.1, 0.15) is 6.10 Å². The Morgan fingerprint density at radius 3 is 2.64 bits per heavy atom. The highest BCUT2D eigenvalue weighted by molar-refractivity contribution is 14.0. The molecule has 0 aliphatic carbocycles. The Kier molecular flexibility index (Phi) is 11.7. The lowest BCUT2D eigenvalue weighted by Gasteiger charge is -2.18. The molecule has 1 aromatic rings. The molecule has 0 bridgehead atoms. The zero-order valence-electron chi connectivity index (χ0n) is 13.7. The van der Waals surface area contributed by atoms with Crippen molar-refractivity contribution in [3.63, 3.8) is 0 Å². The van der Waals surface area contributed by atoms with E-state index in [9.17, 15) is 0 Å². The van der Waals surface area contributed by atoms with Gasteiger partial charge in [-0.3, -0.25) is 4.99 Å². The number of halogens is 2. The number of hydrogen-bond acceptors (Lipinski definition) is 2. The highest BCUT2D eigenvalue weighted by Crippen LogP contribution is 2.20. The van der Waals surface area contributed by atoms with Gasteiger partial charge in [0, 0.05) is 24.7 Å². The van der Waals surface area contributed by atoms with Crippen LogP contribution in [0.3, 0.4) is 0 Å². The van der Waals surface area contributed by atoms with Crippen LogP contribution in [-0.4, -0.2) is 32.2 Å².